The molecular weight excluding hydrogens is 200 g/mol. The van der Waals surface area contributed by atoms with Gasteiger partial charge in [-0.05, 0) is 45.8 Å². The SMILES string of the molecule is CC(C)N1CCC(NCc2ccn[nH]2)CC1. The van der Waals surface area contributed by atoms with E-state index in [4.69, 9.17) is 0 Å². The zero-order chi connectivity index (χ0) is 11.4. The molecule has 2 heterocycles. The van der Waals surface area contributed by atoms with Crippen LogP contribution >= 0.6 is 0 Å². The molecule has 2 N–H and O–H groups in total. The number of hydrogen-bond acceptors (Lipinski definition) is 3. The van der Waals surface area contributed by atoms with Gasteiger partial charge in [0.2, 0.25) is 0 Å². The van der Waals surface area contributed by atoms with Crippen molar-refractivity contribution in [3.05, 3.63) is 18.0 Å². The molecule has 1 fully saturated rings. The maximum Gasteiger partial charge on any atom is 0.0490 e. The minimum absolute atomic E-state index is 0.665. The molecule has 4 heteroatoms. The minimum atomic E-state index is 0.665. The van der Waals surface area contributed by atoms with Gasteiger partial charge in [-0.15, -0.1) is 0 Å². The molecule has 1 aliphatic heterocycles. The Morgan fingerprint density at radius 3 is 2.81 bits per heavy atom. The largest absolute Gasteiger partial charge is 0.308 e. The molecule has 2 rings (SSSR count). The zero-order valence-corrected chi connectivity index (χ0v) is 10.2. The van der Waals surface area contributed by atoms with E-state index in [9.17, 15) is 0 Å². The maximum absolute atomic E-state index is 3.95. The predicted octanol–water partition coefficient (Wildman–Crippen LogP) is 1.37. The fraction of sp³-hybridized carbons (Fsp3) is 0.750. The van der Waals surface area contributed by atoms with E-state index in [0.29, 0.717) is 12.1 Å². The van der Waals surface area contributed by atoms with E-state index >= 15 is 0 Å². The molecule has 0 bridgehead atoms. The van der Waals surface area contributed by atoms with Gasteiger partial charge in [0.15, 0.2) is 0 Å². The van der Waals surface area contributed by atoms with Crippen molar-refractivity contribution in [3.63, 3.8) is 0 Å². The second kappa shape index (κ2) is 5.46. The van der Waals surface area contributed by atoms with Crippen LogP contribution in [-0.4, -0.2) is 40.3 Å². The summed E-state index contributed by atoms with van der Waals surface area (Å²) in [6.07, 6.45) is 4.32. The molecule has 90 valence electrons. The van der Waals surface area contributed by atoms with E-state index in [2.05, 4.69) is 34.3 Å². The molecular formula is C12H22N4. The van der Waals surface area contributed by atoms with Crippen LogP contribution in [0, 0.1) is 0 Å². The second-order valence-electron chi connectivity index (χ2n) is 4.87. The Morgan fingerprint density at radius 1 is 1.50 bits per heavy atom. The highest BCUT2D eigenvalue weighted by molar-refractivity contribution is 4.97. The summed E-state index contributed by atoms with van der Waals surface area (Å²) in [6.45, 7) is 7.90. The van der Waals surface area contributed by atoms with Crippen molar-refractivity contribution in [1.82, 2.24) is 20.4 Å². The Labute approximate surface area is 97.4 Å². The van der Waals surface area contributed by atoms with Crippen molar-refractivity contribution in [3.8, 4) is 0 Å². The van der Waals surface area contributed by atoms with Crippen LogP contribution in [0.25, 0.3) is 0 Å². The highest BCUT2D eigenvalue weighted by Gasteiger charge is 2.20. The zero-order valence-electron chi connectivity index (χ0n) is 10.2. The highest BCUT2D eigenvalue weighted by Crippen LogP contribution is 2.13. The summed E-state index contributed by atoms with van der Waals surface area (Å²) >= 11 is 0. The number of nitrogens with one attached hydrogen (secondary N) is 2. The molecule has 0 saturated carbocycles. The summed E-state index contributed by atoms with van der Waals surface area (Å²) in [7, 11) is 0. The summed E-state index contributed by atoms with van der Waals surface area (Å²) in [5.41, 5.74) is 1.17. The van der Waals surface area contributed by atoms with Gasteiger partial charge in [-0.3, -0.25) is 5.10 Å². The molecule has 0 aliphatic carbocycles. The summed E-state index contributed by atoms with van der Waals surface area (Å²) in [6, 6.07) is 3.38. The number of likely N-dealkylation sites (tertiary alicyclic amines) is 1. The normalized spacial score (nSPS) is 19.4. The summed E-state index contributed by atoms with van der Waals surface area (Å²) in [5.74, 6) is 0. The molecule has 1 saturated heterocycles. The maximum atomic E-state index is 3.95. The average molecular weight is 222 g/mol. The van der Waals surface area contributed by atoms with Crippen molar-refractivity contribution in [2.75, 3.05) is 13.1 Å². The molecule has 0 amide bonds. The molecule has 0 atom stereocenters. The summed E-state index contributed by atoms with van der Waals surface area (Å²) in [4.78, 5) is 2.55. The quantitative estimate of drug-likeness (QED) is 0.808. The van der Waals surface area contributed by atoms with E-state index in [1.807, 2.05) is 6.07 Å². The van der Waals surface area contributed by atoms with Crippen molar-refractivity contribution in [2.45, 2.75) is 45.3 Å². The Morgan fingerprint density at radius 2 is 2.25 bits per heavy atom. The van der Waals surface area contributed by atoms with Gasteiger partial charge in [-0.25, -0.2) is 0 Å². The average Bonchev–Trinajstić information content (AvgIpc) is 2.80. The summed E-state index contributed by atoms with van der Waals surface area (Å²) in [5, 5.41) is 10.5. The van der Waals surface area contributed by atoms with Crippen molar-refractivity contribution < 1.29 is 0 Å². The van der Waals surface area contributed by atoms with Crippen molar-refractivity contribution in [1.29, 1.82) is 0 Å². The number of piperidine rings is 1. The molecule has 1 aromatic rings. The predicted molar refractivity (Wildman–Crippen MR) is 65.2 cm³/mol. The fourth-order valence-electron chi connectivity index (χ4n) is 2.26. The highest BCUT2D eigenvalue weighted by atomic mass is 15.2. The van der Waals surface area contributed by atoms with Crippen LogP contribution in [0.5, 0.6) is 0 Å². The number of rotatable bonds is 4. The molecule has 0 aromatic carbocycles. The van der Waals surface area contributed by atoms with Crippen LogP contribution in [0.1, 0.15) is 32.4 Å². The lowest BCUT2D eigenvalue weighted by Gasteiger charge is -2.34. The molecule has 0 radical (unpaired) electrons. The molecule has 1 aliphatic rings. The van der Waals surface area contributed by atoms with Gasteiger partial charge in [0.1, 0.15) is 0 Å². The first-order chi connectivity index (χ1) is 7.75. The molecule has 0 spiro atoms. The number of aromatic nitrogens is 2. The minimum Gasteiger partial charge on any atom is -0.308 e. The number of H-pyrrole nitrogens is 1. The van der Waals surface area contributed by atoms with E-state index < -0.39 is 0 Å². The second-order valence-corrected chi connectivity index (χ2v) is 4.87. The van der Waals surface area contributed by atoms with Gasteiger partial charge in [-0.1, -0.05) is 0 Å². The lowest BCUT2D eigenvalue weighted by molar-refractivity contribution is 0.160. The van der Waals surface area contributed by atoms with Crippen molar-refractivity contribution >= 4 is 0 Å². The van der Waals surface area contributed by atoms with Crippen LogP contribution in [0.4, 0.5) is 0 Å². The topological polar surface area (TPSA) is 44.0 Å². The van der Waals surface area contributed by atoms with Gasteiger partial charge < -0.3 is 10.2 Å². The lowest BCUT2D eigenvalue weighted by Crippen LogP contribution is -2.44. The molecule has 16 heavy (non-hydrogen) atoms. The number of hydrogen-bond donors (Lipinski definition) is 2. The molecule has 0 unspecified atom stereocenters. The lowest BCUT2D eigenvalue weighted by atomic mass is 10.0. The number of aromatic amines is 1. The van der Waals surface area contributed by atoms with Gasteiger partial charge >= 0.3 is 0 Å². The first-order valence-corrected chi connectivity index (χ1v) is 6.21. The van der Waals surface area contributed by atoms with Crippen molar-refractivity contribution in [2.24, 2.45) is 0 Å². The smallest absolute Gasteiger partial charge is 0.0490 e. The Balaban J connectivity index is 1.69. The van der Waals surface area contributed by atoms with Crippen LogP contribution in [0.15, 0.2) is 12.3 Å². The molecule has 4 nitrogen and oxygen atoms in total. The third kappa shape index (κ3) is 3.06. The van der Waals surface area contributed by atoms with Gasteiger partial charge in [-0.2, -0.15) is 5.10 Å². The van der Waals surface area contributed by atoms with E-state index in [0.717, 1.165) is 6.54 Å². The first kappa shape index (κ1) is 11.6. The van der Waals surface area contributed by atoms with Crippen LogP contribution < -0.4 is 5.32 Å². The Kier molecular flexibility index (Phi) is 3.96. The Bertz CT molecular complexity index is 286. The van der Waals surface area contributed by atoms with Crippen LogP contribution in [-0.2, 0) is 6.54 Å². The van der Waals surface area contributed by atoms with E-state index in [1.54, 1.807) is 6.20 Å². The van der Waals surface area contributed by atoms with Crippen LogP contribution in [0.2, 0.25) is 0 Å². The van der Waals surface area contributed by atoms with E-state index in [-0.39, 0.29) is 0 Å². The molecule has 1 aromatic heterocycles. The van der Waals surface area contributed by atoms with Gasteiger partial charge in [0, 0.05) is 30.5 Å². The number of nitrogens with zero attached hydrogens (tertiary/aromatic N) is 2. The summed E-state index contributed by atoms with van der Waals surface area (Å²) < 4.78 is 0. The first-order valence-electron chi connectivity index (χ1n) is 6.21. The third-order valence-electron chi connectivity index (χ3n) is 3.40. The third-order valence-corrected chi connectivity index (χ3v) is 3.40. The van der Waals surface area contributed by atoms with Gasteiger partial charge in [0.05, 0.1) is 0 Å². The Hall–Kier alpha value is -0.870. The van der Waals surface area contributed by atoms with Gasteiger partial charge in [0.25, 0.3) is 0 Å². The monoisotopic (exact) mass is 222 g/mol. The van der Waals surface area contributed by atoms with Crippen LogP contribution in [0.3, 0.4) is 0 Å². The van der Waals surface area contributed by atoms with E-state index in [1.165, 1.54) is 31.6 Å². The standard InChI is InChI=1S/C12H22N4/c1-10(2)16-7-4-11(5-8-16)13-9-12-3-6-14-15-12/h3,6,10-11,13H,4-5,7-9H2,1-2H3,(H,14,15). The fourth-order valence-corrected chi connectivity index (χ4v) is 2.26.